The van der Waals surface area contributed by atoms with Crippen molar-refractivity contribution in [2.75, 3.05) is 26.2 Å². The van der Waals surface area contributed by atoms with Gasteiger partial charge in [-0.1, -0.05) is 6.42 Å². The van der Waals surface area contributed by atoms with Crippen molar-refractivity contribution in [1.82, 2.24) is 10.2 Å². The fraction of sp³-hybridized carbons (Fsp3) is 0.905. The molecular weight excluding hydrogens is 469 g/mol. The summed E-state index contributed by atoms with van der Waals surface area (Å²) in [5.74, 6) is 1.46. The molecule has 4 atom stereocenters. The summed E-state index contributed by atoms with van der Waals surface area (Å²) in [5.41, 5.74) is -0.0942. The number of carbonyl (C=O) groups excluding carboxylic acids is 1. The second-order valence-electron chi connectivity index (χ2n) is 9.72. The molecule has 4 fully saturated rings. The Balaban J connectivity index is 0.00000225. The minimum Gasteiger partial charge on any atom is -0.460 e. The van der Waals surface area contributed by atoms with Crippen LogP contribution in [0.1, 0.15) is 59.8 Å². The van der Waals surface area contributed by atoms with E-state index in [1.54, 1.807) is 0 Å². The molecule has 1 spiro atoms. The number of likely N-dealkylation sites (tertiary alicyclic amines) is 1. The molecule has 0 radical (unpaired) electrons. The molecule has 0 aromatic heterocycles. The molecule has 0 aromatic rings. The maximum Gasteiger partial charge on any atom is 0.311 e. The molecule has 7 heteroatoms. The van der Waals surface area contributed by atoms with Crippen LogP contribution in [0.15, 0.2) is 4.99 Å². The molecule has 6 nitrogen and oxygen atoms in total. The zero-order valence-electron chi connectivity index (χ0n) is 17.7. The first kappa shape index (κ1) is 22.1. The fourth-order valence-corrected chi connectivity index (χ4v) is 5.51. The van der Waals surface area contributed by atoms with Crippen LogP contribution in [0.5, 0.6) is 0 Å². The zero-order chi connectivity index (χ0) is 19.2. The van der Waals surface area contributed by atoms with Crippen LogP contribution in [0.4, 0.5) is 0 Å². The average molecular weight is 505 g/mol. The lowest BCUT2D eigenvalue weighted by Crippen LogP contribution is -2.72. The van der Waals surface area contributed by atoms with Crippen molar-refractivity contribution < 1.29 is 14.3 Å². The van der Waals surface area contributed by atoms with Crippen LogP contribution < -0.4 is 5.32 Å². The van der Waals surface area contributed by atoms with Gasteiger partial charge in [-0.3, -0.25) is 9.79 Å². The van der Waals surface area contributed by atoms with Crippen LogP contribution in [0.25, 0.3) is 0 Å². The molecule has 28 heavy (non-hydrogen) atoms. The van der Waals surface area contributed by atoms with Crippen molar-refractivity contribution in [3.05, 3.63) is 0 Å². The lowest BCUT2D eigenvalue weighted by molar-refractivity contribution is -0.171. The van der Waals surface area contributed by atoms with E-state index >= 15 is 0 Å². The maximum absolute atomic E-state index is 12.5. The molecule has 4 rings (SSSR count). The first-order valence-corrected chi connectivity index (χ1v) is 10.7. The SMILES string of the molecule is CCN=C(NC1C2CCOC2C12CCC2)N1CCC(C(=O)OC(C)(C)C)C1.I. The summed E-state index contributed by atoms with van der Waals surface area (Å²) in [5, 5.41) is 3.81. The normalized spacial score (nSPS) is 33.6. The first-order chi connectivity index (χ1) is 12.8. The summed E-state index contributed by atoms with van der Waals surface area (Å²) in [4.78, 5) is 19.5. The number of rotatable bonds is 3. The van der Waals surface area contributed by atoms with Crippen LogP contribution >= 0.6 is 24.0 Å². The standard InChI is InChI=1S/C21H35N3O3.HI/c1-5-22-19(24-11-7-14(13-24)18(25)27-20(2,3)4)23-16-15-8-12-26-17(15)21(16)9-6-10-21;/h14-17H,5-13H2,1-4H3,(H,22,23);1H. The predicted molar refractivity (Wildman–Crippen MR) is 120 cm³/mol. The van der Waals surface area contributed by atoms with Crippen molar-refractivity contribution >= 4 is 35.9 Å². The minimum atomic E-state index is -0.427. The number of nitrogens with one attached hydrogen (secondary N) is 1. The van der Waals surface area contributed by atoms with Gasteiger partial charge in [-0.05, 0) is 53.4 Å². The zero-order valence-corrected chi connectivity index (χ0v) is 20.0. The number of fused-ring (bicyclic) bond motifs is 2. The Labute approximate surface area is 186 Å². The van der Waals surface area contributed by atoms with Gasteiger partial charge in [0.05, 0.1) is 12.0 Å². The Morgan fingerprint density at radius 3 is 2.68 bits per heavy atom. The van der Waals surface area contributed by atoms with Gasteiger partial charge >= 0.3 is 5.97 Å². The highest BCUT2D eigenvalue weighted by molar-refractivity contribution is 14.0. The van der Waals surface area contributed by atoms with Gasteiger partial charge in [0.15, 0.2) is 5.96 Å². The van der Waals surface area contributed by atoms with E-state index < -0.39 is 5.60 Å². The van der Waals surface area contributed by atoms with Gasteiger partial charge in [0, 0.05) is 43.6 Å². The highest BCUT2D eigenvalue weighted by atomic mass is 127. The molecule has 2 saturated carbocycles. The van der Waals surface area contributed by atoms with E-state index in [4.69, 9.17) is 14.5 Å². The predicted octanol–water partition coefficient (Wildman–Crippen LogP) is 3.19. The lowest BCUT2D eigenvalue weighted by atomic mass is 9.46. The molecule has 1 N–H and O–H groups in total. The highest BCUT2D eigenvalue weighted by Gasteiger charge is 2.67. The summed E-state index contributed by atoms with van der Waals surface area (Å²) in [6, 6.07) is 0.477. The number of guanidine groups is 1. The molecule has 0 aromatic carbocycles. The number of aliphatic imine (C=N–C) groups is 1. The molecule has 2 saturated heterocycles. The van der Waals surface area contributed by atoms with E-state index in [-0.39, 0.29) is 35.9 Å². The van der Waals surface area contributed by atoms with Crippen molar-refractivity contribution in [3.63, 3.8) is 0 Å². The number of esters is 1. The van der Waals surface area contributed by atoms with Crippen molar-refractivity contribution in [3.8, 4) is 0 Å². The smallest absolute Gasteiger partial charge is 0.311 e. The fourth-order valence-electron chi connectivity index (χ4n) is 5.51. The van der Waals surface area contributed by atoms with Gasteiger partial charge in [0.2, 0.25) is 0 Å². The maximum atomic E-state index is 12.5. The molecule has 0 amide bonds. The summed E-state index contributed by atoms with van der Waals surface area (Å²) in [6.07, 6.45) is 6.31. The number of hydrogen-bond donors (Lipinski definition) is 1. The Hall–Kier alpha value is -0.570. The molecule has 160 valence electrons. The Kier molecular flexibility index (Phi) is 6.54. The largest absolute Gasteiger partial charge is 0.460 e. The van der Waals surface area contributed by atoms with E-state index in [9.17, 15) is 4.79 Å². The van der Waals surface area contributed by atoms with Gasteiger partial charge in [0.25, 0.3) is 0 Å². The molecule has 2 aliphatic carbocycles. The van der Waals surface area contributed by atoms with Gasteiger partial charge in [-0.15, -0.1) is 24.0 Å². The summed E-state index contributed by atoms with van der Waals surface area (Å²) in [7, 11) is 0. The Morgan fingerprint density at radius 1 is 1.32 bits per heavy atom. The number of nitrogens with zero attached hydrogens (tertiary/aromatic N) is 2. The second kappa shape index (κ2) is 8.28. The summed E-state index contributed by atoms with van der Waals surface area (Å²) in [6.45, 7) is 11.1. The van der Waals surface area contributed by atoms with Gasteiger partial charge in [0.1, 0.15) is 5.60 Å². The Morgan fingerprint density at radius 2 is 2.07 bits per heavy atom. The van der Waals surface area contributed by atoms with E-state index in [2.05, 4.69) is 17.1 Å². The van der Waals surface area contributed by atoms with Gasteiger partial charge in [-0.2, -0.15) is 0 Å². The quantitative estimate of drug-likeness (QED) is 0.276. The third-order valence-electron chi connectivity index (χ3n) is 6.86. The van der Waals surface area contributed by atoms with Gasteiger partial charge < -0.3 is 19.7 Å². The summed E-state index contributed by atoms with van der Waals surface area (Å²) < 4.78 is 11.6. The van der Waals surface area contributed by atoms with Crippen LogP contribution in [0.3, 0.4) is 0 Å². The molecule has 2 heterocycles. The van der Waals surface area contributed by atoms with Crippen molar-refractivity contribution in [2.24, 2.45) is 22.2 Å². The molecule has 2 aliphatic heterocycles. The van der Waals surface area contributed by atoms with Crippen LogP contribution in [0.2, 0.25) is 0 Å². The number of carbonyl (C=O) groups is 1. The highest BCUT2D eigenvalue weighted by Crippen LogP contribution is 2.62. The molecular formula is C21H36IN3O3. The minimum absolute atomic E-state index is 0. The molecule has 4 unspecified atom stereocenters. The van der Waals surface area contributed by atoms with Gasteiger partial charge in [-0.25, -0.2) is 0 Å². The van der Waals surface area contributed by atoms with E-state index in [0.717, 1.165) is 38.5 Å². The third kappa shape index (κ3) is 3.89. The van der Waals surface area contributed by atoms with Crippen LogP contribution in [-0.4, -0.2) is 60.8 Å². The Bertz CT molecular complexity index is 615. The number of halogens is 1. The average Bonchev–Trinajstić information content (AvgIpc) is 3.16. The van der Waals surface area contributed by atoms with Crippen molar-refractivity contribution in [1.29, 1.82) is 0 Å². The van der Waals surface area contributed by atoms with Crippen LogP contribution in [-0.2, 0) is 14.3 Å². The number of hydrogen-bond acceptors (Lipinski definition) is 4. The second-order valence-corrected chi connectivity index (χ2v) is 9.72. The topological polar surface area (TPSA) is 63.2 Å². The lowest BCUT2D eigenvalue weighted by Gasteiger charge is -2.63. The molecule has 4 aliphatic rings. The molecule has 0 bridgehead atoms. The van der Waals surface area contributed by atoms with E-state index in [1.165, 1.54) is 19.3 Å². The number of ether oxygens (including phenoxy) is 2. The van der Waals surface area contributed by atoms with Crippen molar-refractivity contribution in [2.45, 2.75) is 77.5 Å². The first-order valence-electron chi connectivity index (χ1n) is 10.7. The summed E-state index contributed by atoms with van der Waals surface area (Å²) >= 11 is 0. The van der Waals surface area contributed by atoms with E-state index in [1.807, 2.05) is 20.8 Å². The van der Waals surface area contributed by atoms with E-state index in [0.29, 0.717) is 30.0 Å². The monoisotopic (exact) mass is 505 g/mol. The third-order valence-corrected chi connectivity index (χ3v) is 6.86. The van der Waals surface area contributed by atoms with Crippen LogP contribution in [0, 0.1) is 17.3 Å².